The van der Waals surface area contributed by atoms with Crippen molar-refractivity contribution in [1.29, 1.82) is 0 Å². The standard InChI is InChI=1S/C12H15ClO2/c1-3-9-10(12(14)4-5-12)6-8(13)7-11(9)15-2/h6-7,14H,3-5H2,1-2H3. The highest BCUT2D eigenvalue weighted by Gasteiger charge is 2.44. The molecule has 2 rings (SSSR count). The van der Waals surface area contributed by atoms with Crippen molar-refractivity contribution in [3.05, 3.63) is 28.3 Å². The fraction of sp³-hybridized carbons (Fsp3) is 0.500. The average Bonchev–Trinajstić information content (AvgIpc) is 2.96. The Kier molecular flexibility index (Phi) is 2.65. The van der Waals surface area contributed by atoms with Gasteiger partial charge in [-0.3, -0.25) is 0 Å². The van der Waals surface area contributed by atoms with E-state index in [0.29, 0.717) is 5.02 Å². The molecule has 0 radical (unpaired) electrons. The maximum absolute atomic E-state index is 10.1. The number of hydrogen-bond acceptors (Lipinski definition) is 2. The third-order valence-electron chi connectivity index (χ3n) is 2.97. The van der Waals surface area contributed by atoms with Crippen molar-refractivity contribution in [2.75, 3.05) is 7.11 Å². The molecule has 0 aliphatic heterocycles. The van der Waals surface area contributed by atoms with Gasteiger partial charge in [-0.25, -0.2) is 0 Å². The number of rotatable bonds is 3. The zero-order valence-corrected chi connectivity index (χ0v) is 9.77. The van der Waals surface area contributed by atoms with Gasteiger partial charge in [-0.15, -0.1) is 0 Å². The lowest BCUT2D eigenvalue weighted by molar-refractivity contribution is 0.150. The van der Waals surface area contributed by atoms with Crippen LogP contribution in [-0.4, -0.2) is 12.2 Å². The SMILES string of the molecule is CCc1c(OC)cc(Cl)cc1C1(O)CC1. The molecular formula is C12H15ClO2. The quantitative estimate of drug-likeness (QED) is 0.859. The molecule has 1 N–H and O–H groups in total. The van der Waals surface area contributed by atoms with E-state index in [9.17, 15) is 5.11 Å². The minimum absolute atomic E-state index is 0.624. The van der Waals surface area contributed by atoms with Gasteiger partial charge in [0.05, 0.1) is 12.7 Å². The summed E-state index contributed by atoms with van der Waals surface area (Å²) in [6, 6.07) is 3.66. The highest BCUT2D eigenvalue weighted by Crippen LogP contribution is 2.49. The second kappa shape index (κ2) is 3.69. The lowest BCUT2D eigenvalue weighted by atomic mass is 9.98. The molecule has 1 aromatic rings. The summed E-state index contributed by atoms with van der Waals surface area (Å²) in [4.78, 5) is 0. The fourth-order valence-electron chi connectivity index (χ4n) is 1.96. The maximum Gasteiger partial charge on any atom is 0.123 e. The molecule has 1 aromatic carbocycles. The van der Waals surface area contributed by atoms with Gasteiger partial charge < -0.3 is 9.84 Å². The summed E-state index contributed by atoms with van der Waals surface area (Å²) >= 11 is 6.00. The average molecular weight is 227 g/mol. The summed E-state index contributed by atoms with van der Waals surface area (Å²) in [7, 11) is 1.63. The summed E-state index contributed by atoms with van der Waals surface area (Å²) in [5.41, 5.74) is 1.36. The van der Waals surface area contributed by atoms with Crippen molar-refractivity contribution in [2.24, 2.45) is 0 Å². The number of hydrogen-bond donors (Lipinski definition) is 1. The van der Waals surface area contributed by atoms with E-state index in [0.717, 1.165) is 36.1 Å². The van der Waals surface area contributed by atoms with Gasteiger partial charge in [-0.05, 0) is 37.0 Å². The monoisotopic (exact) mass is 226 g/mol. The lowest BCUT2D eigenvalue weighted by Crippen LogP contribution is -2.09. The Balaban J connectivity index is 2.56. The molecule has 0 atom stereocenters. The number of halogens is 1. The Morgan fingerprint density at radius 1 is 1.47 bits per heavy atom. The van der Waals surface area contributed by atoms with Crippen LogP contribution in [0.2, 0.25) is 5.02 Å². The molecule has 1 aliphatic rings. The van der Waals surface area contributed by atoms with Gasteiger partial charge >= 0.3 is 0 Å². The molecule has 0 aromatic heterocycles. The van der Waals surface area contributed by atoms with Crippen LogP contribution < -0.4 is 4.74 Å². The van der Waals surface area contributed by atoms with E-state index in [1.54, 1.807) is 13.2 Å². The number of ether oxygens (including phenoxy) is 1. The van der Waals surface area contributed by atoms with Crippen LogP contribution in [0.1, 0.15) is 30.9 Å². The first-order valence-electron chi connectivity index (χ1n) is 5.20. The molecule has 0 heterocycles. The van der Waals surface area contributed by atoms with Crippen molar-refractivity contribution in [1.82, 2.24) is 0 Å². The smallest absolute Gasteiger partial charge is 0.123 e. The molecule has 1 fully saturated rings. The van der Waals surface area contributed by atoms with Crippen LogP contribution in [0.5, 0.6) is 5.75 Å². The summed E-state index contributed by atoms with van der Waals surface area (Å²) in [5.74, 6) is 0.778. The van der Waals surface area contributed by atoms with Gasteiger partial charge in [0.1, 0.15) is 5.75 Å². The highest BCUT2D eigenvalue weighted by molar-refractivity contribution is 6.30. The van der Waals surface area contributed by atoms with E-state index in [-0.39, 0.29) is 0 Å². The molecule has 0 bridgehead atoms. The van der Waals surface area contributed by atoms with E-state index in [4.69, 9.17) is 16.3 Å². The van der Waals surface area contributed by atoms with Crippen molar-refractivity contribution in [3.8, 4) is 5.75 Å². The first-order chi connectivity index (χ1) is 7.10. The zero-order chi connectivity index (χ0) is 11.1. The molecule has 3 heteroatoms. The predicted molar refractivity (Wildman–Crippen MR) is 60.5 cm³/mol. The van der Waals surface area contributed by atoms with Crippen molar-refractivity contribution < 1.29 is 9.84 Å². The number of aliphatic hydroxyl groups is 1. The Hall–Kier alpha value is -0.730. The summed E-state index contributed by atoms with van der Waals surface area (Å²) in [6.45, 7) is 2.06. The van der Waals surface area contributed by atoms with Crippen molar-refractivity contribution >= 4 is 11.6 Å². The Labute approximate surface area is 94.8 Å². The summed E-state index contributed by atoms with van der Waals surface area (Å²) < 4.78 is 5.29. The van der Waals surface area contributed by atoms with Gasteiger partial charge in [0.25, 0.3) is 0 Å². The Morgan fingerprint density at radius 3 is 2.60 bits per heavy atom. The maximum atomic E-state index is 10.1. The molecule has 15 heavy (non-hydrogen) atoms. The fourth-order valence-corrected chi connectivity index (χ4v) is 2.17. The van der Waals surface area contributed by atoms with E-state index >= 15 is 0 Å². The summed E-state index contributed by atoms with van der Waals surface area (Å²) in [6.07, 6.45) is 2.49. The van der Waals surface area contributed by atoms with Crippen LogP contribution in [0.4, 0.5) is 0 Å². The Bertz CT molecular complexity index is 383. The molecule has 0 unspecified atom stereocenters. The van der Waals surface area contributed by atoms with E-state index in [1.807, 2.05) is 6.07 Å². The van der Waals surface area contributed by atoms with Gasteiger partial charge in [0.15, 0.2) is 0 Å². The highest BCUT2D eigenvalue weighted by atomic mass is 35.5. The first-order valence-corrected chi connectivity index (χ1v) is 5.58. The molecular weight excluding hydrogens is 212 g/mol. The van der Waals surface area contributed by atoms with Crippen molar-refractivity contribution in [2.45, 2.75) is 31.8 Å². The number of methoxy groups -OCH3 is 1. The van der Waals surface area contributed by atoms with Crippen LogP contribution in [0.25, 0.3) is 0 Å². The van der Waals surface area contributed by atoms with E-state index < -0.39 is 5.60 Å². The Morgan fingerprint density at radius 2 is 2.13 bits per heavy atom. The molecule has 2 nitrogen and oxygen atoms in total. The topological polar surface area (TPSA) is 29.5 Å². The van der Waals surface area contributed by atoms with Gasteiger partial charge in [0.2, 0.25) is 0 Å². The lowest BCUT2D eigenvalue weighted by Gasteiger charge is -2.17. The largest absolute Gasteiger partial charge is 0.496 e. The predicted octanol–water partition coefficient (Wildman–Crippen LogP) is 2.89. The van der Waals surface area contributed by atoms with Crippen LogP contribution in [0.3, 0.4) is 0 Å². The zero-order valence-electron chi connectivity index (χ0n) is 9.01. The molecule has 0 amide bonds. The molecule has 1 saturated carbocycles. The van der Waals surface area contributed by atoms with Gasteiger partial charge in [-0.1, -0.05) is 18.5 Å². The molecule has 0 saturated heterocycles. The second-order valence-corrected chi connectivity index (χ2v) is 4.46. The normalized spacial score (nSPS) is 17.6. The van der Waals surface area contributed by atoms with Crippen LogP contribution in [-0.2, 0) is 12.0 Å². The molecule has 1 aliphatic carbocycles. The first kappa shape index (κ1) is 10.8. The van der Waals surface area contributed by atoms with E-state index in [1.165, 1.54) is 0 Å². The summed E-state index contributed by atoms with van der Waals surface area (Å²) in [5, 5.41) is 10.8. The van der Waals surface area contributed by atoms with Crippen LogP contribution in [0, 0.1) is 0 Å². The second-order valence-electron chi connectivity index (χ2n) is 4.02. The molecule has 0 spiro atoms. The third-order valence-corrected chi connectivity index (χ3v) is 3.19. The minimum atomic E-state index is -0.649. The van der Waals surface area contributed by atoms with Crippen LogP contribution >= 0.6 is 11.6 Å². The van der Waals surface area contributed by atoms with Gasteiger partial charge in [0, 0.05) is 10.6 Å². The third kappa shape index (κ3) is 1.84. The van der Waals surface area contributed by atoms with Gasteiger partial charge in [-0.2, -0.15) is 0 Å². The molecule has 82 valence electrons. The van der Waals surface area contributed by atoms with E-state index in [2.05, 4.69) is 6.92 Å². The van der Waals surface area contributed by atoms with Crippen molar-refractivity contribution in [3.63, 3.8) is 0 Å². The van der Waals surface area contributed by atoms with Crippen LogP contribution in [0.15, 0.2) is 12.1 Å². The minimum Gasteiger partial charge on any atom is -0.496 e. The number of benzene rings is 1.